The summed E-state index contributed by atoms with van der Waals surface area (Å²) in [6.45, 7) is 0.750. The average molecular weight is 412 g/mol. The SMILES string of the molecule is COc1ccc(Br)cc1C(Br)C1CCOc2ccccc21. The lowest BCUT2D eigenvalue weighted by Crippen LogP contribution is -2.17. The summed E-state index contributed by atoms with van der Waals surface area (Å²) >= 11 is 7.44. The van der Waals surface area contributed by atoms with Crippen molar-refractivity contribution < 1.29 is 9.47 Å². The maximum Gasteiger partial charge on any atom is 0.123 e. The van der Waals surface area contributed by atoms with Crippen molar-refractivity contribution in [2.24, 2.45) is 0 Å². The molecular weight excluding hydrogens is 396 g/mol. The van der Waals surface area contributed by atoms with Gasteiger partial charge in [0.25, 0.3) is 0 Å². The zero-order valence-corrected chi connectivity index (χ0v) is 14.9. The highest BCUT2D eigenvalue weighted by Gasteiger charge is 2.30. The predicted octanol–water partition coefficient (Wildman–Crippen LogP) is 5.46. The second kappa shape index (κ2) is 6.41. The van der Waals surface area contributed by atoms with Gasteiger partial charge < -0.3 is 9.47 Å². The third-order valence-electron chi connectivity index (χ3n) is 3.85. The molecule has 2 aromatic rings. The van der Waals surface area contributed by atoms with Crippen LogP contribution in [0.1, 0.15) is 28.3 Å². The summed E-state index contributed by atoms with van der Waals surface area (Å²) in [5.74, 6) is 2.27. The normalized spacial score (nSPS) is 18.5. The molecule has 0 spiro atoms. The molecule has 1 heterocycles. The first kappa shape index (κ1) is 14.9. The standard InChI is InChI=1S/C17H16Br2O2/c1-20-15-7-6-11(18)10-14(15)17(19)13-8-9-21-16-5-3-2-4-12(13)16/h2-7,10,13,17H,8-9H2,1H3. The Morgan fingerprint density at radius 1 is 1.24 bits per heavy atom. The number of fused-ring (bicyclic) bond motifs is 1. The van der Waals surface area contributed by atoms with Gasteiger partial charge in [0.15, 0.2) is 0 Å². The number of para-hydroxylation sites is 1. The van der Waals surface area contributed by atoms with Gasteiger partial charge in [-0.25, -0.2) is 0 Å². The fourth-order valence-electron chi connectivity index (χ4n) is 2.81. The molecule has 2 nitrogen and oxygen atoms in total. The molecule has 4 heteroatoms. The van der Waals surface area contributed by atoms with E-state index in [-0.39, 0.29) is 4.83 Å². The first-order chi connectivity index (χ1) is 10.2. The van der Waals surface area contributed by atoms with E-state index in [9.17, 15) is 0 Å². The highest BCUT2D eigenvalue weighted by atomic mass is 79.9. The van der Waals surface area contributed by atoms with Gasteiger partial charge in [-0.05, 0) is 36.2 Å². The molecule has 0 saturated heterocycles. The summed E-state index contributed by atoms with van der Waals surface area (Å²) in [7, 11) is 1.71. The molecule has 0 bridgehead atoms. The van der Waals surface area contributed by atoms with Gasteiger partial charge in [0, 0.05) is 16.0 Å². The van der Waals surface area contributed by atoms with E-state index in [2.05, 4.69) is 50.1 Å². The van der Waals surface area contributed by atoms with E-state index in [1.165, 1.54) is 5.56 Å². The minimum atomic E-state index is 0.190. The zero-order chi connectivity index (χ0) is 14.8. The van der Waals surface area contributed by atoms with Crippen LogP contribution in [0.4, 0.5) is 0 Å². The molecule has 0 amide bonds. The summed E-state index contributed by atoms with van der Waals surface area (Å²) in [5.41, 5.74) is 2.42. The Balaban J connectivity index is 2.00. The molecule has 0 N–H and O–H groups in total. The van der Waals surface area contributed by atoms with Crippen LogP contribution in [0.2, 0.25) is 0 Å². The van der Waals surface area contributed by atoms with Crippen molar-refractivity contribution >= 4 is 31.9 Å². The van der Waals surface area contributed by atoms with Crippen molar-refractivity contribution in [1.82, 2.24) is 0 Å². The van der Waals surface area contributed by atoms with Crippen molar-refractivity contribution in [2.45, 2.75) is 17.2 Å². The van der Waals surface area contributed by atoms with Gasteiger partial charge in [0.2, 0.25) is 0 Å². The number of hydrogen-bond donors (Lipinski definition) is 0. The Morgan fingerprint density at radius 3 is 2.86 bits per heavy atom. The summed E-state index contributed by atoms with van der Waals surface area (Å²) < 4.78 is 12.3. The number of hydrogen-bond acceptors (Lipinski definition) is 2. The number of halogens is 2. The fraction of sp³-hybridized carbons (Fsp3) is 0.294. The molecular formula is C17H16Br2O2. The van der Waals surface area contributed by atoms with E-state index in [1.807, 2.05) is 24.3 Å². The number of alkyl halides is 1. The molecule has 2 aromatic carbocycles. The summed E-state index contributed by atoms with van der Waals surface area (Å²) in [6.07, 6.45) is 0.989. The highest BCUT2D eigenvalue weighted by Crippen LogP contribution is 2.48. The van der Waals surface area contributed by atoms with Crippen LogP contribution in [-0.4, -0.2) is 13.7 Å². The maximum atomic E-state index is 5.76. The van der Waals surface area contributed by atoms with Crippen LogP contribution in [-0.2, 0) is 0 Å². The van der Waals surface area contributed by atoms with E-state index in [0.29, 0.717) is 5.92 Å². The molecule has 0 aromatic heterocycles. The first-order valence-electron chi connectivity index (χ1n) is 6.90. The third-order valence-corrected chi connectivity index (χ3v) is 5.47. The second-order valence-corrected chi connectivity index (χ2v) is 6.97. The molecule has 1 aliphatic rings. The van der Waals surface area contributed by atoms with E-state index in [4.69, 9.17) is 9.47 Å². The summed E-state index contributed by atoms with van der Waals surface area (Å²) in [4.78, 5) is 0.190. The number of benzene rings is 2. The number of rotatable bonds is 3. The van der Waals surface area contributed by atoms with E-state index in [0.717, 1.165) is 34.6 Å². The Bertz CT molecular complexity index is 642. The molecule has 0 radical (unpaired) electrons. The van der Waals surface area contributed by atoms with Gasteiger partial charge in [0.1, 0.15) is 11.5 Å². The van der Waals surface area contributed by atoms with Crippen molar-refractivity contribution in [1.29, 1.82) is 0 Å². The first-order valence-corrected chi connectivity index (χ1v) is 8.61. The summed E-state index contributed by atoms with van der Waals surface area (Å²) in [6, 6.07) is 14.4. The van der Waals surface area contributed by atoms with Crippen LogP contribution >= 0.6 is 31.9 Å². The van der Waals surface area contributed by atoms with E-state index in [1.54, 1.807) is 7.11 Å². The molecule has 21 heavy (non-hydrogen) atoms. The Kier molecular flexibility index (Phi) is 4.55. The Hall–Kier alpha value is -1.00. The van der Waals surface area contributed by atoms with Crippen molar-refractivity contribution in [3.63, 3.8) is 0 Å². The van der Waals surface area contributed by atoms with Gasteiger partial charge in [-0.15, -0.1) is 0 Å². The highest BCUT2D eigenvalue weighted by molar-refractivity contribution is 9.10. The number of methoxy groups -OCH3 is 1. The van der Waals surface area contributed by atoms with Crippen molar-refractivity contribution in [3.05, 3.63) is 58.1 Å². The molecule has 1 aliphatic heterocycles. The van der Waals surface area contributed by atoms with Crippen LogP contribution in [0.3, 0.4) is 0 Å². The molecule has 0 saturated carbocycles. The average Bonchev–Trinajstić information content (AvgIpc) is 2.53. The van der Waals surface area contributed by atoms with Crippen LogP contribution in [0, 0.1) is 0 Å². The lowest BCUT2D eigenvalue weighted by atomic mass is 9.87. The lowest BCUT2D eigenvalue weighted by molar-refractivity contribution is 0.265. The van der Waals surface area contributed by atoms with Crippen LogP contribution in [0.5, 0.6) is 11.5 Å². The lowest BCUT2D eigenvalue weighted by Gasteiger charge is -2.30. The van der Waals surface area contributed by atoms with Crippen molar-refractivity contribution in [3.8, 4) is 11.5 Å². The minimum Gasteiger partial charge on any atom is -0.496 e. The number of ether oxygens (including phenoxy) is 2. The summed E-state index contributed by atoms with van der Waals surface area (Å²) in [5, 5.41) is 0. The van der Waals surface area contributed by atoms with E-state index >= 15 is 0 Å². The molecule has 2 unspecified atom stereocenters. The maximum absolute atomic E-state index is 5.76. The van der Waals surface area contributed by atoms with Gasteiger partial charge in [-0.2, -0.15) is 0 Å². The Morgan fingerprint density at radius 2 is 2.05 bits per heavy atom. The molecule has 110 valence electrons. The predicted molar refractivity (Wildman–Crippen MR) is 91.7 cm³/mol. The second-order valence-electron chi connectivity index (χ2n) is 5.07. The molecule has 3 rings (SSSR count). The quantitative estimate of drug-likeness (QED) is 0.624. The van der Waals surface area contributed by atoms with Crippen LogP contribution in [0.25, 0.3) is 0 Å². The fourth-order valence-corrected chi connectivity index (χ4v) is 4.10. The molecule has 0 aliphatic carbocycles. The van der Waals surface area contributed by atoms with Crippen LogP contribution < -0.4 is 9.47 Å². The van der Waals surface area contributed by atoms with Gasteiger partial charge >= 0.3 is 0 Å². The monoisotopic (exact) mass is 410 g/mol. The Labute approximate surface area is 141 Å². The molecule has 2 atom stereocenters. The smallest absolute Gasteiger partial charge is 0.123 e. The molecule has 0 fully saturated rings. The zero-order valence-electron chi connectivity index (χ0n) is 11.7. The third kappa shape index (κ3) is 2.97. The largest absolute Gasteiger partial charge is 0.496 e. The van der Waals surface area contributed by atoms with Gasteiger partial charge in [0.05, 0.1) is 18.5 Å². The minimum absolute atomic E-state index is 0.190. The van der Waals surface area contributed by atoms with Gasteiger partial charge in [-0.1, -0.05) is 50.1 Å². The van der Waals surface area contributed by atoms with Crippen LogP contribution in [0.15, 0.2) is 46.9 Å². The van der Waals surface area contributed by atoms with Gasteiger partial charge in [-0.3, -0.25) is 0 Å². The van der Waals surface area contributed by atoms with Crippen molar-refractivity contribution in [2.75, 3.05) is 13.7 Å². The van der Waals surface area contributed by atoms with E-state index < -0.39 is 0 Å². The topological polar surface area (TPSA) is 18.5 Å².